The average molecular weight is 208 g/mol. The molecule has 1 rings (SSSR count). The highest BCUT2D eigenvalue weighted by Gasteiger charge is 2.25. The molecule has 0 spiro atoms. The number of nitrogens with two attached hydrogens (primary N) is 1. The van der Waals surface area contributed by atoms with Crippen molar-refractivity contribution in [1.29, 1.82) is 0 Å². The maximum absolute atomic E-state index is 11.3. The van der Waals surface area contributed by atoms with Crippen molar-refractivity contribution < 1.29 is 9.53 Å². The van der Waals surface area contributed by atoms with Crippen LogP contribution in [0.5, 0.6) is 0 Å². The summed E-state index contributed by atoms with van der Waals surface area (Å²) in [5.74, 6) is 0.00125. The van der Waals surface area contributed by atoms with Crippen LogP contribution in [0.2, 0.25) is 0 Å². The zero-order valence-corrected chi connectivity index (χ0v) is 8.81. The van der Waals surface area contributed by atoms with E-state index in [4.69, 9.17) is 10.5 Å². The molecule has 0 aromatic heterocycles. The molecule has 2 N–H and O–H groups in total. The van der Waals surface area contributed by atoms with Gasteiger partial charge >= 0.3 is 5.97 Å². The molecule has 3 nitrogen and oxygen atoms in total. The molecule has 0 aromatic carbocycles. The smallest absolute Gasteiger partial charge is 0.308 e. The van der Waals surface area contributed by atoms with Crippen molar-refractivity contribution in [2.75, 3.05) is 6.61 Å². The van der Waals surface area contributed by atoms with Crippen LogP contribution < -0.4 is 5.73 Å². The SMILES string of the molecule is CCOC(=O)C1CCCC(N)C1.Cl. The lowest BCUT2D eigenvalue weighted by Gasteiger charge is -2.24. The van der Waals surface area contributed by atoms with Crippen LogP contribution in [0.25, 0.3) is 0 Å². The maximum atomic E-state index is 11.3. The van der Waals surface area contributed by atoms with Crippen LogP contribution >= 0.6 is 12.4 Å². The highest BCUT2D eigenvalue weighted by Crippen LogP contribution is 2.23. The van der Waals surface area contributed by atoms with E-state index in [-0.39, 0.29) is 30.3 Å². The summed E-state index contributed by atoms with van der Waals surface area (Å²) in [4.78, 5) is 11.3. The molecule has 0 bridgehead atoms. The number of carbonyl (C=O) groups excluding carboxylic acids is 1. The van der Waals surface area contributed by atoms with Crippen LogP contribution in [0.3, 0.4) is 0 Å². The van der Waals surface area contributed by atoms with Gasteiger partial charge in [0.15, 0.2) is 0 Å². The van der Waals surface area contributed by atoms with E-state index in [1.54, 1.807) is 0 Å². The van der Waals surface area contributed by atoms with Gasteiger partial charge in [-0.2, -0.15) is 0 Å². The lowest BCUT2D eigenvalue weighted by Crippen LogP contribution is -2.32. The molecular formula is C9H18ClNO2. The molecular weight excluding hydrogens is 190 g/mol. The number of esters is 1. The Morgan fingerprint density at radius 2 is 2.23 bits per heavy atom. The highest BCUT2D eigenvalue weighted by molar-refractivity contribution is 5.85. The second-order valence-corrected chi connectivity index (χ2v) is 3.38. The second-order valence-electron chi connectivity index (χ2n) is 3.38. The summed E-state index contributed by atoms with van der Waals surface area (Å²) in [7, 11) is 0. The first-order valence-electron chi connectivity index (χ1n) is 4.66. The van der Waals surface area contributed by atoms with Crippen LogP contribution in [-0.2, 0) is 9.53 Å². The number of hydrogen-bond donors (Lipinski definition) is 1. The Bertz CT molecular complexity index is 164. The summed E-state index contributed by atoms with van der Waals surface area (Å²) >= 11 is 0. The molecule has 0 saturated heterocycles. The predicted molar refractivity (Wildman–Crippen MR) is 53.8 cm³/mol. The Balaban J connectivity index is 0.00000144. The summed E-state index contributed by atoms with van der Waals surface area (Å²) in [5.41, 5.74) is 5.75. The average Bonchev–Trinajstić information content (AvgIpc) is 2.05. The van der Waals surface area contributed by atoms with Crippen molar-refractivity contribution in [3.05, 3.63) is 0 Å². The molecule has 1 saturated carbocycles. The monoisotopic (exact) mass is 207 g/mol. The molecule has 0 heterocycles. The molecule has 2 unspecified atom stereocenters. The van der Waals surface area contributed by atoms with E-state index in [0.29, 0.717) is 6.61 Å². The van der Waals surface area contributed by atoms with Crippen LogP contribution in [-0.4, -0.2) is 18.6 Å². The zero-order chi connectivity index (χ0) is 8.97. The molecule has 4 heteroatoms. The van der Waals surface area contributed by atoms with Crippen molar-refractivity contribution in [1.82, 2.24) is 0 Å². The quantitative estimate of drug-likeness (QED) is 0.699. The summed E-state index contributed by atoms with van der Waals surface area (Å²) in [5, 5.41) is 0. The van der Waals surface area contributed by atoms with E-state index in [9.17, 15) is 4.79 Å². The van der Waals surface area contributed by atoms with Gasteiger partial charge in [-0.1, -0.05) is 6.42 Å². The molecule has 0 amide bonds. The number of hydrogen-bond acceptors (Lipinski definition) is 3. The molecule has 1 aliphatic carbocycles. The van der Waals surface area contributed by atoms with Gasteiger partial charge in [-0.25, -0.2) is 0 Å². The Hall–Kier alpha value is -0.280. The number of rotatable bonds is 2. The van der Waals surface area contributed by atoms with Gasteiger partial charge in [-0.05, 0) is 26.2 Å². The lowest BCUT2D eigenvalue weighted by molar-refractivity contribution is -0.149. The minimum absolute atomic E-state index is 0. The Labute approximate surface area is 85.4 Å². The zero-order valence-electron chi connectivity index (χ0n) is 7.99. The normalized spacial score (nSPS) is 27.5. The number of halogens is 1. The highest BCUT2D eigenvalue weighted by atomic mass is 35.5. The van der Waals surface area contributed by atoms with E-state index in [0.717, 1.165) is 25.7 Å². The summed E-state index contributed by atoms with van der Waals surface area (Å²) < 4.78 is 4.94. The van der Waals surface area contributed by atoms with Gasteiger partial charge in [0.2, 0.25) is 0 Å². The fourth-order valence-corrected chi connectivity index (χ4v) is 1.70. The van der Waals surface area contributed by atoms with Gasteiger partial charge in [-0.3, -0.25) is 4.79 Å². The molecule has 0 aliphatic heterocycles. The number of carbonyl (C=O) groups is 1. The fraction of sp³-hybridized carbons (Fsp3) is 0.889. The largest absolute Gasteiger partial charge is 0.466 e. The summed E-state index contributed by atoms with van der Waals surface area (Å²) in [6.45, 7) is 2.31. The van der Waals surface area contributed by atoms with Crippen LogP contribution in [0.1, 0.15) is 32.6 Å². The predicted octanol–water partition coefficient (Wildman–Crippen LogP) is 1.49. The van der Waals surface area contributed by atoms with E-state index in [1.807, 2.05) is 6.92 Å². The summed E-state index contributed by atoms with van der Waals surface area (Å²) in [6, 6.07) is 0.202. The van der Waals surface area contributed by atoms with E-state index in [2.05, 4.69) is 0 Å². The minimum atomic E-state index is -0.0624. The fourth-order valence-electron chi connectivity index (χ4n) is 1.70. The van der Waals surface area contributed by atoms with Crippen molar-refractivity contribution in [2.24, 2.45) is 11.7 Å². The molecule has 13 heavy (non-hydrogen) atoms. The third-order valence-electron chi connectivity index (χ3n) is 2.33. The Morgan fingerprint density at radius 3 is 2.77 bits per heavy atom. The minimum Gasteiger partial charge on any atom is -0.466 e. The van der Waals surface area contributed by atoms with Crippen molar-refractivity contribution in [2.45, 2.75) is 38.6 Å². The van der Waals surface area contributed by atoms with E-state index in [1.165, 1.54) is 0 Å². The van der Waals surface area contributed by atoms with Gasteiger partial charge in [0, 0.05) is 6.04 Å². The summed E-state index contributed by atoms with van der Waals surface area (Å²) in [6.07, 6.45) is 3.87. The van der Waals surface area contributed by atoms with Crippen molar-refractivity contribution in [3.8, 4) is 0 Å². The van der Waals surface area contributed by atoms with Gasteiger partial charge in [0.1, 0.15) is 0 Å². The molecule has 0 aromatic rings. The molecule has 2 atom stereocenters. The molecule has 1 fully saturated rings. The van der Waals surface area contributed by atoms with Crippen LogP contribution in [0.15, 0.2) is 0 Å². The molecule has 78 valence electrons. The second kappa shape index (κ2) is 6.22. The Morgan fingerprint density at radius 1 is 1.54 bits per heavy atom. The van der Waals surface area contributed by atoms with Gasteiger partial charge < -0.3 is 10.5 Å². The van der Waals surface area contributed by atoms with Crippen molar-refractivity contribution in [3.63, 3.8) is 0 Å². The van der Waals surface area contributed by atoms with Crippen LogP contribution in [0.4, 0.5) is 0 Å². The van der Waals surface area contributed by atoms with Gasteiger partial charge in [0.25, 0.3) is 0 Å². The number of ether oxygens (including phenoxy) is 1. The standard InChI is InChI=1S/C9H17NO2.ClH/c1-2-12-9(11)7-4-3-5-8(10)6-7;/h7-8H,2-6,10H2,1H3;1H. The van der Waals surface area contributed by atoms with Crippen LogP contribution in [0, 0.1) is 5.92 Å². The van der Waals surface area contributed by atoms with E-state index < -0.39 is 0 Å². The third-order valence-corrected chi connectivity index (χ3v) is 2.33. The Kier molecular flexibility index (Phi) is 6.08. The maximum Gasteiger partial charge on any atom is 0.308 e. The lowest BCUT2D eigenvalue weighted by atomic mass is 9.86. The van der Waals surface area contributed by atoms with Gasteiger partial charge in [0.05, 0.1) is 12.5 Å². The van der Waals surface area contributed by atoms with Crippen molar-refractivity contribution >= 4 is 18.4 Å². The van der Waals surface area contributed by atoms with Gasteiger partial charge in [-0.15, -0.1) is 12.4 Å². The molecule has 0 radical (unpaired) electrons. The molecule has 1 aliphatic rings. The first-order valence-corrected chi connectivity index (χ1v) is 4.66. The first kappa shape index (κ1) is 12.7. The third kappa shape index (κ3) is 3.96. The van der Waals surface area contributed by atoms with E-state index >= 15 is 0 Å². The first-order chi connectivity index (χ1) is 5.74. The topological polar surface area (TPSA) is 52.3 Å².